The molecule has 3 heterocycles. The molecular formula is C16H17N5O2. The van der Waals surface area contributed by atoms with Crippen molar-refractivity contribution in [2.24, 2.45) is 0 Å². The largest absolute Gasteiger partial charge is 0.311 e. The lowest BCUT2D eigenvalue weighted by molar-refractivity contribution is -0.114. The fourth-order valence-electron chi connectivity index (χ4n) is 3.26. The second-order valence-corrected chi connectivity index (χ2v) is 6.34. The second-order valence-electron chi connectivity index (χ2n) is 6.34. The third kappa shape index (κ3) is 2.28. The number of aromatic nitrogens is 3. The number of aryl methyl sites for hydroxylation is 1. The summed E-state index contributed by atoms with van der Waals surface area (Å²) in [7, 11) is 0. The lowest BCUT2D eigenvalue weighted by atomic mass is 10.0. The van der Waals surface area contributed by atoms with Crippen LogP contribution in [0.4, 0.5) is 17.5 Å². The van der Waals surface area contributed by atoms with Gasteiger partial charge in [0, 0.05) is 48.5 Å². The van der Waals surface area contributed by atoms with E-state index < -0.39 is 0 Å². The number of aromatic amines is 1. The number of fused-ring (bicyclic) bond motifs is 2. The van der Waals surface area contributed by atoms with Crippen molar-refractivity contribution in [1.82, 2.24) is 15.0 Å². The van der Waals surface area contributed by atoms with E-state index in [2.05, 4.69) is 20.3 Å². The summed E-state index contributed by atoms with van der Waals surface area (Å²) in [5, 5.41) is 2.71. The molecule has 1 amide bonds. The molecule has 2 aromatic heterocycles. The minimum absolute atomic E-state index is 0.111. The molecule has 23 heavy (non-hydrogen) atoms. The highest BCUT2D eigenvalue weighted by Crippen LogP contribution is 2.57. The van der Waals surface area contributed by atoms with E-state index in [4.69, 9.17) is 0 Å². The van der Waals surface area contributed by atoms with Gasteiger partial charge in [0.05, 0.1) is 5.69 Å². The van der Waals surface area contributed by atoms with E-state index in [9.17, 15) is 9.59 Å². The van der Waals surface area contributed by atoms with Crippen molar-refractivity contribution in [1.29, 1.82) is 0 Å². The Morgan fingerprint density at radius 1 is 1.39 bits per heavy atom. The summed E-state index contributed by atoms with van der Waals surface area (Å²) < 4.78 is 0. The van der Waals surface area contributed by atoms with Gasteiger partial charge < -0.3 is 10.2 Å². The number of nitrogens with one attached hydrogen (secondary N) is 2. The first-order valence-corrected chi connectivity index (χ1v) is 7.60. The number of hydrogen-bond donors (Lipinski definition) is 2. The molecule has 0 atom stereocenters. The van der Waals surface area contributed by atoms with Crippen LogP contribution in [-0.2, 0) is 10.2 Å². The maximum absolute atomic E-state index is 11.8. The van der Waals surface area contributed by atoms with Crippen molar-refractivity contribution in [3.05, 3.63) is 39.9 Å². The highest BCUT2D eigenvalue weighted by molar-refractivity contribution is 5.88. The maximum Gasteiger partial charge on any atom is 0.252 e. The number of rotatable bonds is 2. The Hall–Kier alpha value is -2.70. The predicted octanol–water partition coefficient (Wildman–Crippen LogP) is 1.62. The topological polar surface area (TPSA) is 91.0 Å². The molecule has 2 aliphatic rings. The van der Waals surface area contributed by atoms with Crippen LogP contribution in [0.1, 0.15) is 31.0 Å². The van der Waals surface area contributed by atoms with Gasteiger partial charge in [0.25, 0.3) is 5.56 Å². The first kappa shape index (κ1) is 13.9. The molecule has 1 saturated carbocycles. The third-order valence-corrected chi connectivity index (χ3v) is 4.48. The van der Waals surface area contributed by atoms with Crippen LogP contribution in [0.25, 0.3) is 0 Å². The molecular weight excluding hydrogens is 294 g/mol. The highest BCUT2D eigenvalue weighted by atomic mass is 16.1. The van der Waals surface area contributed by atoms with Gasteiger partial charge in [-0.1, -0.05) is 0 Å². The zero-order valence-electron chi connectivity index (χ0n) is 13.0. The predicted molar refractivity (Wildman–Crippen MR) is 86.1 cm³/mol. The van der Waals surface area contributed by atoms with Gasteiger partial charge in [-0.15, -0.1) is 0 Å². The van der Waals surface area contributed by atoms with Crippen LogP contribution in [0.5, 0.6) is 0 Å². The first-order valence-electron chi connectivity index (χ1n) is 7.60. The van der Waals surface area contributed by atoms with Crippen molar-refractivity contribution >= 4 is 23.4 Å². The van der Waals surface area contributed by atoms with Crippen LogP contribution in [0.3, 0.4) is 0 Å². The van der Waals surface area contributed by atoms with Gasteiger partial charge in [-0.05, 0) is 19.8 Å². The van der Waals surface area contributed by atoms with E-state index in [1.165, 1.54) is 13.0 Å². The van der Waals surface area contributed by atoms with Gasteiger partial charge >= 0.3 is 0 Å². The molecule has 0 bridgehead atoms. The Kier molecular flexibility index (Phi) is 2.81. The van der Waals surface area contributed by atoms with E-state index in [0.717, 1.165) is 30.6 Å². The smallest absolute Gasteiger partial charge is 0.252 e. The Balaban J connectivity index is 1.82. The molecule has 0 unspecified atom stereocenters. The monoisotopic (exact) mass is 311 g/mol. The fraction of sp³-hybridized carbons (Fsp3) is 0.375. The summed E-state index contributed by atoms with van der Waals surface area (Å²) in [6, 6.07) is 3.33. The van der Waals surface area contributed by atoms with Gasteiger partial charge in [-0.2, -0.15) is 0 Å². The van der Waals surface area contributed by atoms with Gasteiger partial charge in [-0.25, -0.2) is 9.97 Å². The minimum Gasteiger partial charge on any atom is -0.311 e. The van der Waals surface area contributed by atoms with E-state index in [0.29, 0.717) is 17.5 Å². The van der Waals surface area contributed by atoms with Crippen LogP contribution in [0.15, 0.2) is 23.1 Å². The Morgan fingerprint density at radius 3 is 2.83 bits per heavy atom. The number of carbonyl (C=O) groups excluding carboxylic acids is 1. The maximum atomic E-state index is 11.8. The summed E-state index contributed by atoms with van der Waals surface area (Å²) in [5.41, 5.74) is 2.74. The number of pyridine rings is 1. The minimum atomic E-state index is -0.165. The molecule has 1 aliphatic heterocycles. The summed E-state index contributed by atoms with van der Waals surface area (Å²) in [4.78, 5) is 36.7. The third-order valence-electron chi connectivity index (χ3n) is 4.48. The first-order chi connectivity index (χ1) is 11.0. The lowest BCUT2D eigenvalue weighted by Crippen LogP contribution is -2.24. The molecule has 1 aliphatic carbocycles. The normalized spacial score (nSPS) is 17.2. The van der Waals surface area contributed by atoms with E-state index in [1.807, 2.05) is 17.2 Å². The lowest BCUT2D eigenvalue weighted by Gasteiger charge is -2.18. The van der Waals surface area contributed by atoms with Crippen LogP contribution in [-0.4, -0.2) is 27.4 Å². The number of H-pyrrole nitrogens is 1. The van der Waals surface area contributed by atoms with Gasteiger partial charge in [0.15, 0.2) is 0 Å². The molecule has 7 nitrogen and oxygen atoms in total. The van der Waals surface area contributed by atoms with Crippen LogP contribution in [0.2, 0.25) is 0 Å². The molecule has 1 spiro atoms. The summed E-state index contributed by atoms with van der Waals surface area (Å²) in [5.74, 6) is 0.888. The molecule has 0 radical (unpaired) electrons. The molecule has 4 rings (SSSR count). The van der Waals surface area contributed by atoms with Crippen LogP contribution >= 0.6 is 0 Å². The molecule has 2 aromatic rings. The van der Waals surface area contributed by atoms with E-state index in [1.54, 1.807) is 6.92 Å². The van der Waals surface area contributed by atoms with Gasteiger partial charge in [0.2, 0.25) is 11.9 Å². The molecule has 7 heteroatoms. The van der Waals surface area contributed by atoms with Crippen molar-refractivity contribution in [2.75, 3.05) is 16.8 Å². The van der Waals surface area contributed by atoms with Crippen molar-refractivity contribution < 1.29 is 4.79 Å². The molecule has 0 aromatic carbocycles. The summed E-state index contributed by atoms with van der Waals surface area (Å²) in [6.45, 7) is 4.03. The number of nitrogens with zero attached hydrogens (tertiary/aromatic N) is 3. The van der Waals surface area contributed by atoms with Crippen molar-refractivity contribution in [3.63, 3.8) is 0 Å². The van der Waals surface area contributed by atoms with Crippen molar-refractivity contribution in [2.45, 2.75) is 32.1 Å². The standard InChI is InChI=1S/C16H17N5O2/c1-9-5-14(23)20-15(18-9)21-8-16(3-4-16)11-7-17-13(6-12(11)21)19-10(2)22/h5-7H,3-4,8H2,1-2H3,(H,17,19,22)(H,18,20,23). The van der Waals surface area contributed by atoms with E-state index in [-0.39, 0.29) is 16.9 Å². The Morgan fingerprint density at radius 2 is 2.17 bits per heavy atom. The SMILES string of the molecule is CC(=O)Nc1cc2c(cn1)C1(CC1)CN2c1nc(C)cc(=O)[nH]1. The number of carbonyl (C=O) groups is 1. The van der Waals surface area contributed by atoms with Gasteiger partial charge in [0.1, 0.15) is 5.82 Å². The zero-order valence-corrected chi connectivity index (χ0v) is 13.0. The van der Waals surface area contributed by atoms with Gasteiger partial charge in [-0.3, -0.25) is 14.6 Å². The Labute approximate surface area is 132 Å². The second kappa shape index (κ2) is 4.65. The van der Waals surface area contributed by atoms with Crippen LogP contribution < -0.4 is 15.8 Å². The molecule has 1 fully saturated rings. The fourth-order valence-corrected chi connectivity index (χ4v) is 3.26. The van der Waals surface area contributed by atoms with Crippen molar-refractivity contribution in [3.8, 4) is 0 Å². The summed E-state index contributed by atoms with van der Waals surface area (Å²) in [6.07, 6.45) is 4.04. The average Bonchev–Trinajstić information content (AvgIpc) is 3.16. The molecule has 2 N–H and O–H groups in total. The average molecular weight is 311 g/mol. The molecule has 0 saturated heterocycles. The number of hydrogen-bond acceptors (Lipinski definition) is 5. The van der Waals surface area contributed by atoms with Crippen LogP contribution in [0, 0.1) is 6.92 Å². The van der Waals surface area contributed by atoms with E-state index >= 15 is 0 Å². The summed E-state index contributed by atoms with van der Waals surface area (Å²) >= 11 is 0. The zero-order chi connectivity index (χ0) is 16.2. The number of amides is 1. The molecule has 118 valence electrons. The number of anilines is 3. The quantitative estimate of drug-likeness (QED) is 0.879. The highest BCUT2D eigenvalue weighted by Gasteiger charge is 2.52. The Bertz CT molecular complexity index is 869.